The highest BCUT2D eigenvalue weighted by Crippen LogP contribution is 2.31. The lowest BCUT2D eigenvalue weighted by molar-refractivity contribution is -0.117. The first-order valence-electron chi connectivity index (χ1n) is 7.55. The molecular weight excluding hydrogens is 264 g/mol. The van der Waals surface area contributed by atoms with Crippen molar-refractivity contribution in [3.05, 3.63) is 36.4 Å². The van der Waals surface area contributed by atoms with Gasteiger partial charge in [0.05, 0.1) is 13.2 Å². The lowest BCUT2D eigenvalue weighted by atomic mass is 10.1. The number of rotatable bonds is 3. The fraction of sp³-hybridized carbons (Fsp3) is 0.471. The van der Waals surface area contributed by atoms with Gasteiger partial charge in [-0.25, -0.2) is 0 Å². The van der Waals surface area contributed by atoms with E-state index in [1.807, 2.05) is 11.0 Å². The molecule has 0 bridgehead atoms. The van der Waals surface area contributed by atoms with E-state index in [1.165, 1.54) is 5.69 Å². The summed E-state index contributed by atoms with van der Waals surface area (Å²) in [7, 11) is 0. The highest BCUT2D eigenvalue weighted by molar-refractivity contribution is 5.96. The van der Waals surface area contributed by atoms with Crippen LogP contribution in [0.3, 0.4) is 0 Å². The average molecular weight is 286 g/mol. The third-order valence-corrected chi connectivity index (χ3v) is 4.34. The van der Waals surface area contributed by atoms with Gasteiger partial charge in [-0.2, -0.15) is 0 Å². The Bertz CT molecular complexity index is 550. The van der Waals surface area contributed by atoms with Gasteiger partial charge in [0.2, 0.25) is 5.91 Å². The fourth-order valence-corrected chi connectivity index (χ4v) is 3.09. The standard InChI is InChI=1S/C17H22N2O2/c1-3-14-11-17(20)19(12-14)16-5-4-15(10-13(16)2)18-6-8-21-9-7-18/h3-5,10,14H,1,6-9,11-12H2,2H3. The number of hydrogen-bond donors (Lipinski definition) is 0. The van der Waals surface area contributed by atoms with Gasteiger partial charge in [0.1, 0.15) is 0 Å². The molecular formula is C17H22N2O2. The number of amides is 1. The topological polar surface area (TPSA) is 32.8 Å². The number of hydrogen-bond acceptors (Lipinski definition) is 3. The zero-order chi connectivity index (χ0) is 14.8. The van der Waals surface area contributed by atoms with Crippen LogP contribution in [0, 0.1) is 12.8 Å². The summed E-state index contributed by atoms with van der Waals surface area (Å²) in [5, 5.41) is 0. The molecule has 0 N–H and O–H groups in total. The van der Waals surface area contributed by atoms with Crippen molar-refractivity contribution in [3.8, 4) is 0 Å². The summed E-state index contributed by atoms with van der Waals surface area (Å²) in [5.74, 6) is 0.470. The van der Waals surface area contributed by atoms with E-state index in [2.05, 4.69) is 36.6 Å². The summed E-state index contributed by atoms with van der Waals surface area (Å²) in [4.78, 5) is 16.4. The summed E-state index contributed by atoms with van der Waals surface area (Å²) in [6.45, 7) is 10.1. The average Bonchev–Trinajstić information content (AvgIpc) is 2.89. The van der Waals surface area contributed by atoms with E-state index >= 15 is 0 Å². The zero-order valence-electron chi connectivity index (χ0n) is 12.5. The maximum absolute atomic E-state index is 12.1. The second-order valence-electron chi connectivity index (χ2n) is 5.77. The van der Waals surface area contributed by atoms with E-state index in [0.717, 1.165) is 44.1 Å². The van der Waals surface area contributed by atoms with Crippen LogP contribution in [-0.2, 0) is 9.53 Å². The van der Waals surface area contributed by atoms with Crippen molar-refractivity contribution in [1.29, 1.82) is 0 Å². The third kappa shape index (κ3) is 2.81. The Kier molecular flexibility index (Phi) is 3.97. The Labute approximate surface area is 126 Å². The third-order valence-electron chi connectivity index (χ3n) is 4.34. The lowest BCUT2D eigenvalue weighted by Crippen LogP contribution is -2.36. The van der Waals surface area contributed by atoms with E-state index in [4.69, 9.17) is 4.74 Å². The van der Waals surface area contributed by atoms with Crippen molar-refractivity contribution in [1.82, 2.24) is 0 Å². The van der Waals surface area contributed by atoms with Crippen LogP contribution in [-0.4, -0.2) is 38.8 Å². The highest BCUT2D eigenvalue weighted by Gasteiger charge is 2.29. The number of aryl methyl sites for hydroxylation is 1. The van der Waals surface area contributed by atoms with Crippen LogP contribution >= 0.6 is 0 Å². The van der Waals surface area contributed by atoms with Crippen LogP contribution in [0.1, 0.15) is 12.0 Å². The number of carbonyl (C=O) groups is 1. The summed E-state index contributed by atoms with van der Waals surface area (Å²) in [6.07, 6.45) is 2.46. The molecule has 1 aromatic carbocycles. The maximum Gasteiger partial charge on any atom is 0.227 e. The van der Waals surface area contributed by atoms with Crippen molar-refractivity contribution < 1.29 is 9.53 Å². The van der Waals surface area contributed by atoms with Gasteiger partial charge in [-0.05, 0) is 30.7 Å². The molecule has 2 aliphatic rings. The SMILES string of the molecule is C=CC1CC(=O)N(c2ccc(N3CCOCC3)cc2C)C1. The Morgan fingerprint density at radius 1 is 1.33 bits per heavy atom. The van der Waals surface area contributed by atoms with Crippen LogP contribution in [0.15, 0.2) is 30.9 Å². The van der Waals surface area contributed by atoms with Crippen molar-refractivity contribution >= 4 is 17.3 Å². The second-order valence-corrected chi connectivity index (χ2v) is 5.77. The molecule has 2 aliphatic heterocycles. The van der Waals surface area contributed by atoms with Gasteiger partial charge < -0.3 is 14.5 Å². The number of carbonyl (C=O) groups excluding carboxylic acids is 1. The molecule has 0 radical (unpaired) electrons. The fourth-order valence-electron chi connectivity index (χ4n) is 3.09. The minimum atomic E-state index is 0.196. The molecule has 1 aromatic rings. The zero-order valence-corrected chi connectivity index (χ0v) is 12.5. The molecule has 0 aromatic heterocycles. The molecule has 4 nitrogen and oxygen atoms in total. The van der Waals surface area contributed by atoms with Gasteiger partial charge >= 0.3 is 0 Å². The normalized spacial score (nSPS) is 22.7. The maximum atomic E-state index is 12.1. The quantitative estimate of drug-likeness (QED) is 0.800. The molecule has 1 amide bonds. The summed E-state index contributed by atoms with van der Waals surface area (Å²) in [5.41, 5.74) is 3.39. The minimum absolute atomic E-state index is 0.196. The number of nitrogens with zero attached hydrogens (tertiary/aromatic N) is 2. The van der Waals surface area contributed by atoms with Crippen molar-refractivity contribution in [3.63, 3.8) is 0 Å². The van der Waals surface area contributed by atoms with Gasteiger partial charge in [0, 0.05) is 43.3 Å². The molecule has 2 heterocycles. The molecule has 1 unspecified atom stereocenters. The summed E-state index contributed by atoms with van der Waals surface area (Å²) >= 11 is 0. The van der Waals surface area contributed by atoms with Gasteiger partial charge in [0.15, 0.2) is 0 Å². The second kappa shape index (κ2) is 5.90. The first-order chi connectivity index (χ1) is 10.2. The van der Waals surface area contributed by atoms with Crippen LogP contribution in [0.4, 0.5) is 11.4 Å². The molecule has 2 saturated heterocycles. The van der Waals surface area contributed by atoms with Crippen LogP contribution in [0.25, 0.3) is 0 Å². The predicted molar refractivity (Wildman–Crippen MR) is 84.9 cm³/mol. The molecule has 4 heteroatoms. The Balaban J connectivity index is 1.81. The number of anilines is 2. The van der Waals surface area contributed by atoms with Crippen molar-refractivity contribution in [2.45, 2.75) is 13.3 Å². The highest BCUT2D eigenvalue weighted by atomic mass is 16.5. The van der Waals surface area contributed by atoms with Crippen LogP contribution in [0.5, 0.6) is 0 Å². The summed E-state index contributed by atoms with van der Waals surface area (Å²) < 4.78 is 5.39. The minimum Gasteiger partial charge on any atom is -0.378 e. The van der Waals surface area contributed by atoms with E-state index in [9.17, 15) is 4.79 Å². The molecule has 3 rings (SSSR count). The van der Waals surface area contributed by atoms with Gasteiger partial charge in [0.25, 0.3) is 0 Å². The number of morpholine rings is 1. The molecule has 0 saturated carbocycles. The lowest BCUT2D eigenvalue weighted by Gasteiger charge is -2.30. The number of ether oxygens (including phenoxy) is 1. The van der Waals surface area contributed by atoms with Crippen molar-refractivity contribution in [2.24, 2.45) is 5.92 Å². The van der Waals surface area contributed by atoms with Gasteiger partial charge in [-0.1, -0.05) is 6.08 Å². The largest absolute Gasteiger partial charge is 0.378 e. The predicted octanol–water partition coefficient (Wildman–Crippen LogP) is 2.37. The Hall–Kier alpha value is -1.81. The van der Waals surface area contributed by atoms with Crippen LogP contribution in [0.2, 0.25) is 0 Å². The van der Waals surface area contributed by atoms with Gasteiger partial charge in [-0.3, -0.25) is 4.79 Å². The molecule has 112 valence electrons. The first-order valence-corrected chi connectivity index (χ1v) is 7.55. The van der Waals surface area contributed by atoms with Crippen LogP contribution < -0.4 is 9.80 Å². The van der Waals surface area contributed by atoms with Crippen molar-refractivity contribution in [2.75, 3.05) is 42.6 Å². The molecule has 1 atom stereocenters. The molecule has 2 fully saturated rings. The smallest absolute Gasteiger partial charge is 0.227 e. The monoisotopic (exact) mass is 286 g/mol. The van der Waals surface area contributed by atoms with Gasteiger partial charge in [-0.15, -0.1) is 6.58 Å². The Morgan fingerprint density at radius 2 is 2.10 bits per heavy atom. The number of benzene rings is 1. The molecule has 0 aliphatic carbocycles. The van der Waals surface area contributed by atoms with E-state index in [-0.39, 0.29) is 11.8 Å². The Morgan fingerprint density at radius 3 is 2.71 bits per heavy atom. The van der Waals surface area contributed by atoms with E-state index < -0.39 is 0 Å². The van der Waals surface area contributed by atoms with E-state index in [1.54, 1.807) is 0 Å². The van der Waals surface area contributed by atoms with E-state index in [0.29, 0.717) is 6.42 Å². The molecule has 21 heavy (non-hydrogen) atoms. The summed E-state index contributed by atoms with van der Waals surface area (Å²) in [6, 6.07) is 6.36. The first kappa shape index (κ1) is 14.1. The molecule has 0 spiro atoms.